The normalized spacial score (nSPS) is 10.2. The number of rotatable bonds is 6. The summed E-state index contributed by atoms with van der Waals surface area (Å²) in [6.45, 7) is 0. The van der Waals surface area contributed by atoms with Gasteiger partial charge in [0.25, 0.3) is 0 Å². The van der Waals surface area contributed by atoms with Crippen molar-refractivity contribution in [3.05, 3.63) is 47.8 Å². The van der Waals surface area contributed by atoms with Crippen LogP contribution in [0.5, 0.6) is 17.2 Å². The van der Waals surface area contributed by atoms with Crippen LogP contribution in [0.15, 0.2) is 36.7 Å². The van der Waals surface area contributed by atoms with E-state index in [1.165, 1.54) is 5.56 Å². The molecule has 106 valence electrons. The molecule has 0 aliphatic carbocycles. The number of aryl methyl sites for hydroxylation is 2. The monoisotopic (exact) mass is 273 g/mol. The lowest BCUT2D eigenvalue weighted by Crippen LogP contribution is -1.96. The fourth-order valence-corrected chi connectivity index (χ4v) is 2.01. The molecule has 0 aliphatic rings. The number of hydrogen-bond acceptors (Lipinski definition) is 4. The minimum atomic E-state index is 0.783. The molecule has 0 saturated heterocycles. The summed E-state index contributed by atoms with van der Waals surface area (Å²) >= 11 is 0. The molecule has 0 aliphatic heterocycles. The summed E-state index contributed by atoms with van der Waals surface area (Å²) < 4.78 is 15.7. The molecule has 0 amide bonds. The van der Waals surface area contributed by atoms with Crippen LogP contribution in [0.4, 0.5) is 0 Å². The molecule has 0 radical (unpaired) electrons. The van der Waals surface area contributed by atoms with E-state index in [2.05, 4.69) is 4.98 Å². The Bertz CT molecular complexity index is 547. The molecule has 0 unspecified atom stereocenters. The highest BCUT2D eigenvalue weighted by Gasteiger charge is 2.03. The number of hydrogen-bond donors (Lipinski definition) is 0. The van der Waals surface area contributed by atoms with Crippen molar-refractivity contribution < 1.29 is 14.2 Å². The zero-order chi connectivity index (χ0) is 14.4. The molecule has 0 bridgehead atoms. The molecule has 1 aromatic heterocycles. The fraction of sp³-hybridized carbons (Fsp3) is 0.312. The van der Waals surface area contributed by atoms with E-state index >= 15 is 0 Å². The Labute approximate surface area is 119 Å². The van der Waals surface area contributed by atoms with Crippen LogP contribution in [-0.4, -0.2) is 26.3 Å². The minimum Gasteiger partial charge on any atom is -0.497 e. The van der Waals surface area contributed by atoms with Crippen LogP contribution < -0.4 is 14.2 Å². The summed E-state index contributed by atoms with van der Waals surface area (Å²) in [7, 11) is 4.96. The zero-order valence-corrected chi connectivity index (χ0v) is 12.1. The number of benzene rings is 1. The largest absolute Gasteiger partial charge is 0.497 e. The second-order valence-corrected chi connectivity index (χ2v) is 4.45. The first-order valence-electron chi connectivity index (χ1n) is 6.45. The van der Waals surface area contributed by atoms with Crippen LogP contribution in [0, 0.1) is 0 Å². The molecule has 20 heavy (non-hydrogen) atoms. The van der Waals surface area contributed by atoms with Crippen LogP contribution in [-0.2, 0) is 12.8 Å². The number of aromatic nitrogens is 1. The number of methoxy groups -OCH3 is 3. The lowest BCUT2D eigenvalue weighted by molar-refractivity contribution is 0.393. The lowest BCUT2D eigenvalue weighted by atomic mass is 10.1. The second-order valence-electron chi connectivity index (χ2n) is 4.45. The van der Waals surface area contributed by atoms with Gasteiger partial charge in [-0.3, -0.25) is 4.98 Å². The van der Waals surface area contributed by atoms with E-state index in [-0.39, 0.29) is 0 Å². The standard InChI is InChI=1S/C16H19NO3/c1-18-14-6-12(7-15(9-14)19-2)4-5-13-8-16(20-3)11-17-10-13/h6-11H,4-5H2,1-3H3. The van der Waals surface area contributed by atoms with Crippen molar-refractivity contribution in [2.24, 2.45) is 0 Å². The molecule has 0 fully saturated rings. The smallest absolute Gasteiger partial charge is 0.137 e. The summed E-state index contributed by atoms with van der Waals surface area (Å²) in [5, 5.41) is 0. The number of nitrogens with zero attached hydrogens (tertiary/aromatic N) is 1. The van der Waals surface area contributed by atoms with Gasteiger partial charge < -0.3 is 14.2 Å². The van der Waals surface area contributed by atoms with Crippen LogP contribution >= 0.6 is 0 Å². The van der Waals surface area contributed by atoms with E-state index in [9.17, 15) is 0 Å². The van der Waals surface area contributed by atoms with Gasteiger partial charge in [0, 0.05) is 12.3 Å². The highest BCUT2D eigenvalue weighted by Crippen LogP contribution is 2.23. The van der Waals surface area contributed by atoms with Gasteiger partial charge in [0.2, 0.25) is 0 Å². The zero-order valence-electron chi connectivity index (χ0n) is 12.1. The number of pyridine rings is 1. The Morgan fingerprint density at radius 3 is 1.85 bits per heavy atom. The summed E-state index contributed by atoms with van der Waals surface area (Å²) in [6, 6.07) is 7.92. The van der Waals surface area contributed by atoms with Crippen molar-refractivity contribution in [1.82, 2.24) is 4.98 Å². The van der Waals surface area contributed by atoms with Crippen LogP contribution in [0.25, 0.3) is 0 Å². The molecule has 0 saturated carbocycles. The third-order valence-corrected chi connectivity index (χ3v) is 3.12. The van der Waals surface area contributed by atoms with Gasteiger partial charge in [-0.05, 0) is 42.2 Å². The quantitative estimate of drug-likeness (QED) is 0.811. The summed E-state index contributed by atoms with van der Waals surface area (Å²) in [5.41, 5.74) is 2.31. The minimum absolute atomic E-state index is 0.783. The van der Waals surface area contributed by atoms with Crippen molar-refractivity contribution >= 4 is 0 Å². The Morgan fingerprint density at radius 2 is 1.25 bits per heavy atom. The van der Waals surface area contributed by atoms with E-state index in [0.717, 1.165) is 35.7 Å². The van der Waals surface area contributed by atoms with E-state index in [0.29, 0.717) is 0 Å². The van der Waals surface area contributed by atoms with Crippen molar-refractivity contribution in [1.29, 1.82) is 0 Å². The summed E-state index contributed by atoms with van der Waals surface area (Å²) in [6.07, 6.45) is 5.35. The van der Waals surface area contributed by atoms with E-state index in [4.69, 9.17) is 14.2 Å². The predicted octanol–water partition coefficient (Wildman–Crippen LogP) is 2.89. The van der Waals surface area contributed by atoms with Crippen molar-refractivity contribution in [3.8, 4) is 17.2 Å². The molecule has 0 spiro atoms. The van der Waals surface area contributed by atoms with Gasteiger partial charge in [-0.1, -0.05) is 0 Å². The molecule has 1 heterocycles. The van der Waals surface area contributed by atoms with Crippen LogP contribution in [0.1, 0.15) is 11.1 Å². The maximum atomic E-state index is 5.27. The first-order chi connectivity index (χ1) is 9.75. The van der Waals surface area contributed by atoms with Gasteiger partial charge in [-0.25, -0.2) is 0 Å². The topological polar surface area (TPSA) is 40.6 Å². The molecule has 2 rings (SSSR count). The van der Waals surface area contributed by atoms with Crippen molar-refractivity contribution in [2.45, 2.75) is 12.8 Å². The predicted molar refractivity (Wildman–Crippen MR) is 77.7 cm³/mol. The van der Waals surface area contributed by atoms with E-state index < -0.39 is 0 Å². The number of ether oxygens (including phenoxy) is 3. The highest BCUT2D eigenvalue weighted by molar-refractivity contribution is 5.39. The maximum absolute atomic E-state index is 5.27. The molecule has 2 aromatic rings. The van der Waals surface area contributed by atoms with Gasteiger partial charge in [-0.15, -0.1) is 0 Å². The SMILES string of the molecule is COc1cncc(CCc2cc(OC)cc(OC)c2)c1. The third kappa shape index (κ3) is 3.63. The molecular weight excluding hydrogens is 254 g/mol. The van der Waals surface area contributed by atoms with E-state index in [1.54, 1.807) is 27.5 Å². The molecule has 1 aromatic carbocycles. The van der Waals surface area contributed by atoms with Crippen molar-refractivity contribution in [2.75, 3.05) is 21.3 Å². The Hall–Kier alpha value is -2.23. The van der Waals surface area contributed by atoms with Crippen LogP contribution in [0.2, 0.25) is 0 Å². The average Bonchev–Trinajstić information content (AvgIpc) is 2.52. The van der Waals surface area contributed by atoms with Crippen LogP contribution in [0.3, 0.4) is 0 Å². The van der Waals surface area contributed by atoms with E-state index in [1.807, 2.05) is 30.5 Å². The third-order valence-electron chi connectivity index (χ3n) is 3.12. The highest BCUT2D eigenvalue weighted by atomic mass is 16.5. The first kappa shape index (κ1) is 14.2. The van der Waals surface area contributed by atoms with Gasteiger partial charge in [0.05, 0.1) is 27.5 Å². The lowest BCUT2D eigenvalue weighted by Gasteiger charge is -2.09. The fourth-order valence-electron chi connectivity index (χ4n) is 2.01. The Balaban J connectivity index is 2.09. The maximum Gasteiger partial charge on any atom is 0.137 e. The second kappa shape index (κ2) is 6.80. The molecular formula is C16H19NO3. The molecule has 0 atom stereocenters. The average molecular weight is 273 g/mol. The molecule has 0 N–H and O–H groups in total. The first-order valence-corrected chi connectivity index (χ1v) is 6.45. The van der Waals surface area contributed by atoms with Gasteiger partial charge in [-0.2, -0.15) is 0 Å². The summed E-state index contributed by atoms with van der Waals surface area (Å²) in [4.78, 5) is 4.16. The Morgan fingerprint density at radius 1 is 0.700 bits per heavy atom. The Kier molecular flexibility index (Phi) is 4.82. The summed E-state index contributed by atoms with van der Waals surface area (Å²) in [5.74, 6) is 2.40. The molecule has 4 heteroatoms. The molecule has 4 nitrogen and oxygen atoms in total. The van der Waals surface area contributed by atoms with Gasteiger partial charge >= 0.3 is 0 Å². The van der Waals surface area contributed by atoms with Crippen molar-refractivity contribution in [3.63, 3.8) is 0 Å². The van der Waals surface area contributed by atoms with Gasteiger partial charge in [0.1, 0.15) is 17.2 Å². The van der Waals surface area contributed by atoms with Gasteiger partial charge in [0.15, 0.2) is 0 Å².